The minimum absolute atomic E-state index is 0.0421. The maximum atomic E-state index is 11.3. The highest BCUT2D eigenvalue weighted by Crippen LogP contribution is 1.96. The van der Waals surface area contributed by atoms with Gasteiger partial charge < -0.3 is 10.4 Å². The second-order valence-corrected chi connectivity index (χ2v) is 5.52. The van der Waals surface area contributed by atoms with Crippen LogP contribution >= 0.6 is 0 Å². The first-order valence-corrected chi connectivity index (χ1v) is 6.34. The molecule has 0 aliphatic heterocycles. The Labute approximate surface area is 94.3 Å². The zero-order chi connectivity index (χ0) is 12.8. The van der Waals surface area contributed by atoms with Crippen LogP contribution in [0.5, 0.6) is 0 Å². The van der Waals surface area contributed by atoms with Crippen LogP contribution in [0.15, 0.2) is 0 Å². The van der Waals surface area contributed by atoms with Gasteiger partial charge in [-0.15, -0.1) is 0 Å². The lowest BCUT2D eigenvalue weighted by Gasteiger charge is -2.08. The van der Waals surface area contributed by atoms with Gasteiger partial charge in [-0.1, -0.05) is 13.8 Å². The van der Waals surface area contributed by atoms with Crippen LogP contribution in [0.25, 0.3) is 0 Å². The highest BCUT2D eigenvalue weighted by molar-refractivity contribution is 7.89. The third kappa shape index (κ3) is 8.18. The zero-order valence-electron chi connectivity index (χ0n) is 9.19. The van der Waals surface area contributed by atoms with E-state index in [2.05, 4.69) is 4.72 Å². The molecule has 0 atom stereocenters. The molecule has 0 aromatic rings. The zero-order valence-corrected chi connectivity index (χ0v) is 10.0. The topological polar surface area (TPSA) is 113 Å². The Morgan fingerprint density at radius 2 is 1.81 bits per heavy atom. The molecule has 0 bridgehead atoms. The number of rotatable bonds is 7. The molecule has 1 amide bonds. The lowest BCUT2D eigenvalue weighted by atomic mass is 10.3. The molecule has 16 heavy (non-hydrogen) atoms. The van der Waals surface area contributed by atoms with Crippen molar-refractivity contribution in [3.63, 3.8) is 0 Å². The summed E-state index contributed by atoms with van der Waals surface area (Å²) in [5.41, 5.74) is 0. The van der Waals surface area contributed by atoms with Crippen LogP contribution in [0.4, 0.5) is 0 Å². The summed E-state index contributed by atoms with van der Waals surface area (Å²) in [6.07, 6.45) is 0. The molecule has 0 radical (unpaired) electrons. The summed E-state index contributed by atoms with van der Waals surface area (Å²) in [6, 6.07) is 0. The number of carbonyl (C=O) groups excluding carboxylic acids is 1. The quantitative estimate of drug-likeness (QED) is 0.524. The molecule has 8 heteroatoms. The van der Waals surface area contributed by atoms with Gasteiger partial charge >= 0.3 is 5.97 Å². The molecular weight excluding hydrogens is 236 g/mol. The van der Waals surface area contributed by atoms with E-state index in [9.17, 15) is 18.0 Å². The van der Waals surface area contributed by atoms with E-state index in [1.165, 1.54) is 0 Å². The minimum Gasteiger partial charge on any atom is -0.480 e. The molecule has 94 valence electrons. The fourth-order valence-electron chi connectivity index (χ4n) is 0.910. The number of carbonyl (C=O) groups is 2. The first kappa shape index (κ1) is 14.8. The molecule has 0 unspecified atom stereocenters. The summed E-state index contributed by atoms with van der Waals surface area (Å²) in [5.74, 6) is -1.97. The summed E-state index contributed by atoms with van der Waals surface area (Å²) in [4.78, 5) is 21.1. The van der Waals surface area contributed by atoms with Crippen molar-refractivity contribution >= 4 is 21.9 Å². The van der Waals surface area contributed by atoms with Crippen LogP contribution in [-0.2, 0) is 19.6 Å². The third-order valence-corrected chi connectivity index (χ3v) is 3.13. The number of hydrogen-bond acceptors (Lipinski definition) is 4. The number of carboxylic acids is 1. The maximum absolute atomic E-state index is 11.3. The molecule has 0 rings (SSSR count). The number of nitrogens with one attached hydrogen (secondary N) is 2. The Morgan fingerprint density at radius 1 is 1.25 bits per heavy atom. The van der Waals surface area contributed by atoms with Crippen molar-refractivity contribution in [2.75, 3.05) is 18.8 Å². The van der Waals surface area contributed by atoms with Crippen molar-refractivity contribution in [1.29, 1.82) is 0 Å². The van der Waals surface area contributed by atoms with Crippen LogP contribution in [0.2, 0.25) is 0 Å². The molecule has 7 nitrogen and oxygen atoms in total. The van der Waals surface area contributed by atoms with E-state index in [1.807, 2.05) is 5.32 Å². The smallest absolute Gasteiger partial charge is 0.322 e. The van der Waals surface area contributed by atoms with Gasteiger partial charge in [0.2, 0.25) is 15.9 Å². The van der Waals surface area contributed by atoms with Gasteiger partial charge in [-0.2, -0.15) is 0 Å². The lowest BCUT2D eigenvalue weighted by molar-refractivity contribution is -0.137. The summed E-state index contributed by atoms with van der Waals surface area (Å²) in [7, 11) is -3.47. The van der Waals surface area contributed by atoms with E-state index in [-0.39, 0.29) is 11.7 Å². The number of amides is 1. The molecule has 0 heterocycles. The molecule has 0 aromatic heterocycles. The molecular formula is C8H16N2O5S. The summed E-state index contributed by atoms with van der Waals surface area (Å²) in [5, 5.41) is 10.3. The van der Waals surface area contributed by atoms with E-state index in [4.69, 9.17) is 5.11 Å². The van der Waals surface area contributed by atoms with Gasteiger partial charge in [0.05, 0.1) is 12.3 Å². The Bertz CT molecular complexity index is 349. The standard InChI is InChI=1S/C8H16N2O5S/c1-6(2)5-16(14,15)10-3-7(11)9-4-8(12)13/h6,10H,3-5H2,1-2H3,(H,9,11)(H,12,13). The fourth-order valence-corrected chi connectivity index (χ4v) is 2.26. The Morgan fingerprint density at radius 3 is 2.25 bits per heavy atom. The highest BCUT2D eigenvalue weighted by Gasteiger charge is 2.14. The average molecular weight is 252 g/mol. The molecule has 3 N–H and O–H groups in total. The lowest BCUT2D eigenvalue weighted by Crippen LogP contribution is -2.40. The van der Waals surface area contributed by atoms with Gasteiger partial charge in [-0.3, -0.25) is 9.59 Å². The molecule has 0 aromatic carbocycles. The first-order valence-electron chi connectivity index (χ1n) is 4.69. The predicted molar refractivity (Wildman–Crippen MR) is 57.3 cm³/mol. The van der Waals surface area contributed by atoms with Crippen LogP contribution in [0, 0.1) is 5.92 Å². The van der Waals surface area contributed by atoms with Crippen LogP contribution < -0.4 is 10.0 Å². The van der Waals surface area contributed by atoms with Crippen molar-refractivity contribution < 1.29 is 23.1 Å². The molecule has 0 saturated carbocycles. The van der Waals surface area contributed by atoms with Crippen LogP contribution in [-0.4, -0.2) is 44.2 Å². The van der Waals surface area contributed by atoms with E-state index in [1.54, 1.807) is 13.8 Å². The van der Waals surface area contributed by atoms with E-state index in [0.717, 1.165) is 0 Å². The average Bonchev–Trinajstić information content (AvgIpc) is 2.09. The molecule has 0 spiro atoms. The van der Waals surface area contributed by atoms with Crippen LogP contribution in [0.1, 0.15) is 13.8 Å². The van der Waals surface area contributed by atoms with E-state index < -0.39 is 35.0 Å². The normalized spacial score (nSPS) is 11.4. The number of carboxylic acid groups (broad SMARTS) is 1. The van der Waals surface area contributed by atoms with Gasteiger partial charge in [0.25, 0.3) is 0 Å². The third-order valence-electron chi connectivity index (χ3n) is 1.44. The first-order chi connectivity index (χ1) is 7.23. The number of hydrogen-bond donors (Lipinski definition) is 3. The Hall–Kier alpha value is -1.15. The summed E-state index contributed by atoms with van der Waals surface area (Å²) >= 11 is 0. The van der Waals surface area contributed by atoms with Crippen LogP contribution in [0.3, 0.4) is 0 Å². The summed E-state index contributed by atoms with van der Waals surface area (Å²) in [6.45, 7) is 2.51. The van der Waals surface area contributed by atoms with Gasteiger partial charge in [0.1, 0.15) is 6.54 Å². The van der Waals surface area contributed by atoms with Crippen molar-refractivity contribution in [1.82, 2.24) is 10.0 Å². The van der Waals surface area contributed by atoms with Crippen molar-refractivity contribution in [3.8, 4) is 0 Å². The van der Waals surface area contributed by atoms with Crippen molar-refractivity contribution in [2.45, 2.75) is 13.8 Å². The van der Waals surface area contributed by atoms with Crippen molar-refractivity contribution in [2.24, 2.45) is 5.92 Å². The number of sulfonamides is 1. The summed E-state index contributed by atoms with van der Waals surface area (Å²) < 4.78 is 24.6. The van der Waals surface area contributed by atoms with Gasteiger partial charge in [-0.05, 0) is 5.92 Å². The monoisotopic (exact) mass is 252 g/mol. The predicted octanol–water partition coefficient (Wildman–Crippen LogP) is -1.24. The van der Waals surface area contributed by atoms with Gasteiger partial charge in [0.15, 0.2) is 0 Å². The molecule has 0 aliphatic rings. The second kappa shape index (κ2) is 6.44. The molecule has 0 aliphatic carbocycles. The minimum atomic E-state index is -3.47. The Kier molecular flexibility index (Phi) is 5.97. The second-order valence-electron chi connectivity index (χ2n) is 3.67. The maximum Gasteiger partial charge on any atom is 0.322 e. The van der Waals surface area contributed by atoms with E-state index >= 15 is 0 Å². The molecule has 0 fully saturated rings. The largest absolute Gasteiger partial charge is 0.480 e. The van der Waals surface area contributed by atoms with Gasteiger partial charge in [0, 0.05) is 0 Å². The number of aliphatic carboxylic acids is 1. The highest BCUT2D eigenvalue weighted by atomic mass is 32.2. The van der Waals surface area contributed by atoms with Crippen molar-refractivity contribution in [3.05, 3.63) is 0 Å². The van der Waals surface area contributed by atoms with Gasteiger partial charge in [-0.25, -0.2) is 13.1 Å². The SMILES string of the molecule is CC(C)CS(=O)(=O)NCC(=O)NCC(=O)O. The fraction of sp³-hybridized carbons (Fsp3) is 0.750. The van der Waals surface area contributed by atoms with E-state index in [0.29, 0.717) is 0 Å². The Balaban J connectivity index is 3.96. The molecule has 0 saturated heterocycles.